The molecule has 132 valence electrons. The maximum absolute atomic E-state index is 13.1. The van der Waals surface area contributed by atoms with Crippen molar-refractivity contribution in [2.75, 3.05) is 26.2 Å². The number of fused-ring (bicyclic) bond motifs is 1. The average molecular weight is 357 g/mol. The van der Waals surface area contributed by atoms with Gasteiger partial charge in [-0.25, -0.2) is 0 Å². The molecule has 1 unspecified atom stereocenters. The van der Waals surface area contributed by atoms with Crippen molar-refractivity contribution in [1.82, 2.24) is 14.8 Å². The molecule has 2 aromatic rings. The molecular weight excluding hydrogens is 334 g/mol. The van der Waals surface area contributed by atoms with Crippen LogP contribution in [0.2, 0.25) is 0 Å². The molecule has 2 amide bonds. The Kier molecular flexibility index (Phi) is 3.45. The summed E-state index contributed by atoms with van der Waals surface area (Å²) in [6, 6.07) is 3.94. The number of hydrogen-bond donors (Lipinski definition) is 1. The zero-order valence-corrected chi connectivity index (χ0v) is 15.1. The third kappa shape index (κ3) is 2.58. The highest BCUT2D eigenvalue weighted by Gasteiger charge is 2.50. The second-order valence-corrected chi connectivity index (χ2v) is 8.88. The first kappa shape index (κ1) is 15.4. The van der Waals surface area contributed by atoms with Crippen LogP contribution in [0.3, 0.4) is 0 Å². The van der Waals surface area contributed by atoms with Gasteiger partial charge in [-0.1, -0.05) is 0 Å². The molecular formula is C19H23N3O2S. The molecule has 1 saturated carbocycles. The van der Waals surface area contributed by atoms with E-state index in [4.69, 9.17) is 0 Å². The summed E-state index contributed by atoms with van der Waals surface area (Å²) in [5.41, 5.74) is 1.34. The van der Waals surface area contributed by atoms with E-state index in [0.717, 1.165) is 48.5 Å². The summed E-state index contributed by atoms with van der Waals surface area (Å²) in [7, 11) is 0. The number of carbonyl (C=O) groups is 2. The highest BCUT2D eigenvalue weighted by Crippen LogP contribution is 2.42. The predicted molar refractivity (Wildman–Crippen MR) is 97.7 cm³/mol. The number of amides is 2. The summed E-state index contributed by atoms with van der Waals surface area (Å²) in [5, 5.41) is 2.02. The highest BCUT2D eigenvalue weighted by molar-refractivity contribution is 7.17. The van der Waals surface area contributed by atoms with Gasteiger partial charge in [0.15, 0.2) is 0 Å². The van der Waals surface area contributed by atoms with Gasteiger partial charge in [0.2, 0.25) is 5.91 Å². The predicted octanol–water partition coefficient (Wildman–Crippen LogP) is 3.09. The number of piperidine rings is 1. The van der Waals surface area contributed by atoms with E-state index in [1.165, 1.54) is 12.8 Å². The largest absolute Gasteiger partial charge is 0.350 e. The van der Waals surface area contributed by atoms with E-state index >= 15 is 0 Å². The zero-order valence-electron chi connectivity index (χ0n) is 14.3. The van der Waals surface area contributed by atoms with Crippen molar-refractivity contribution in [3.8, 4) is 0 Å². The molecule has 3 fully saturated rings. The van der Waals surface area contributed by atoms with Crippen LogP contribution >= 0.6 is 11.3 Å². The minimum absolute atomic E-state index is 0.0346. The number of H-pyrrole nitrogens is 1. The van der Waals surface area contributed by atoms with Crippen molar-refractivity contribution in [3.05, 3.63) is 23.2 Å². The molecule has 6 heteroatoms. The molecule has 25 heavy (non-hydrogen) atoms. The minimum Gasteiger partial charge on any atom is -0.350 e. The molecule has 5 nitrogen and oxygen atoms in total. The molecule has 1 spiro atoms. The Labute approximate surface area is 151 Å². The van der Waals surface area contributed by atoms with E-state index in [-0.39, 0.29) is 11.3 Å². The Hall–Kier alpha value is -1.82. The van der Waals surface area contributed by atoms with Crippen LogP contribution < -0.4 is 0 Å². The van der Waals surface area contributed by atoms with Crippen LogP contribution in [0.5, 0.6) is 0 Å². The fraction of sp³-hybridized carbons (Fsp3) is 0.579. The van der Waals surface area contributed by atoms with Crippen LogP contribution in [-0.4, -0.2) is 52.8 Å². The lowest BCUT2D eigenvalue weighted by molar-refractivity contribution is -0.145. The quantitative estimate of drug-likeness (QED) is 0.918. The van der Waals surface area contributed by atoms with Crippen molar-refractivity contribution < 1.29 is 9.59 Å². The van der Waals surface area contributed by atoms with Gasteiger partial charge in [0, 0.05) is 26.2 Å². The number of thiophene rings is 1. The van der Waals surface area contributed by atoms with Crippen LogP contribution in [-0.2, 0) is 4.79 Å². The maximum Gasteiger partial charge on any atom is 0.270 e. The summed E-state index contributed by atoms with van der Waals surface area (Å²) in [6.07, 6.45) is 5.35. The first-order valence-corrected chi connectivity index (χ1v) is 10.2. The van der Waals surface area contributed by atoms with Crippen molar-refractivity contribution in [2.45, 2.75) is 32.1 Å². The zero-order chi connectivity index (χ0) is 17.0. The van der Waals surface area contributed by atoms with Gasteiger partial charge in [0.25, 0.3) is 5.91 Å². The number of rotatable bonds is 3. The van der Waals surface area contributed by atoms with Crippen molar-refractivity contribution >= 4 is 33.4 Å². The molecule has 1 aliphatic carbocycles. The molecule has 2 aromatic heterocycles. The second-order valence-electron chi connectivity index (χ2n) is 7.94. The number of nitrogens with one attached hydrogen (secondary N) is 1. The number of aromatic nitrogens is 1. The molecule has 0 radical (unpaired) electrons. The summed E-state index contributed by atoms with van der Waals surface area (Å²) < 4.78 is 1.11. The Balaban J connectivity index is 1.33. The van der Waals surface area contributed by atoms with E-state index in [1.54, 1.807) is 11.3 Å². The second kappa shape index (κ2) is 5.59. The lowest BCUT2D eigenvalue weighted by Crippen LogP contribution is -2.51. The molecule has 0 aromatic carbocycles. The van der Waals surface area contributed by atoms with Crippen molar-refractivity contribution in [3.63, 3.8) is 0 Å². The third-order valence-corrected chi connectivity index (χ3v) is 6.97. The van der Waals surface area contributed by atoms with E-state index < -0.39 is 0 Å². The molecule has 2 aliphatic heterocycles. The van der Waals surface area contributed by atoms with Gasteiger partial charge in [0.05, 0.1) is 15.6 Å². The standard InChI is InChI=1S/C19H23N3O2S/c23-17(15-10-16-14(20-15)4-9-25-16)22-8-6-19(12-22)5-1-7-21(18(19)24)11-13-2-3-13/h4,9-10,13,20H,1-3,5-8,11-12H2. The minimum atomic E-state index is -0.327. The number of aromatic amines is 1. The maximum atomic E-state index is 13.1. The van der Waals surface area contributed by atoms with E-state index in [2.05, 4.69) is 9.88 Å². The van der Waals surface area contributed by atoms with Crippen LogP contribution in [0.15, 0.2) is 17.5 Å². The van der Waals surface area contributed by atoms with E-state index in [0.29, 0.717) is 24.7 Å². The first-order chi connectivity index (χ1) is 12.1. The number of hydrogen-bond acceptors (Lipinski definition) is 3. The summed E-state index contributed by atoms with van der Waals surface area (Å²) in [4.78, 5) is 33.2. The van der Waals surface area contributed by atoms with Gasteiger partial charge in [-0.05, 0) is 55.5 Å². The molecule has 1 N–H and O–H groups in total. The van der Waals surface area contributed by atoms with Crippen LogP contribution in [0.4, 0.5) is 0 Å². The summed E-state index contributed by atoms with van der Waals surface area (Å²) in [5.74, 6) is 1.06. The number of likely N-dealkylation sites (tertiary alicyclic amines) is 2. The number of nitrogens with zero attached hydrogens (tertiary/aromatic N) is 2. The summed E-state index contributed by atoms with van der Waals surface area (Å²) in [6.45, 7) is 3.10. The van der Waals surface area contributed by atoms with Gasteiger partial charge in [-0.3, -0.25) is 9.59 Å². The molecule has 5 rings (SSSR count). The Morgan fingerprint density at radius 3 is 3.00 bits per heavy atom. The lowest BCUT2D eigenvalue weighted by atomic mass is 9.78. The fourth-order valence-corrected chi connectivity index (χ4v) is 5.28. The fourth-order valence-electron chi connectivity index (χ4n) is 4.50. The monoisotopic (exact) mass is 357 g/mol. The Morgan fingerprint density at radius 2 is 2.20 bits per heavy atom. The van der Waals surface area contributed by atoms with Gasteiger partial charge in [0.1, 0.15) is 5.69 Å². The van der Waals surface area contributed by atoms with Gasteiger partial charge in [-0.2, -0.15) is 0 Å². The molecule has 4 heterocycles. The SMILES string of the molecule is O=C(c1cc2sccc2[nH]1)N1CCC2(CCCN(CC3CC3)C2=O)C1. The first-order valence-electron chi connectivity index (χ1n) is 9.29. The normalized spacial score (nSPS) is 27.0. The van der Waals surface area contributed by atoms with Crippen LogP contribution in [0, 0.1) is 11.3 Å². The molecule has 0 bridgehead atoms. The topological polar surface area (TPSA) is 56.4 Å². The van der Waals surface area contributed by atoms with Crippen LogP contribution in [0.25, 0.3) is 10.2 Å². The Morgan fingerprint density at radius 1 is 1.32 bits per heavy atom. The van der Waals surface area contributed by atoms with Crippen molar-refractivity contribution in [2.24, 2.45) is 11.3 Å². The van der Waals surface area contributed by atoms with Crippen LogP contribution in [0.1, 0.15) is 42.6 Å². The summed E-state index contributed by atoms with van der Waals surface area (Å²) >= 11 is 1.64. The number of carbonyl (C=O) groups excluding carboxylic acids is 2. The molecule has 3 aliphatic rings. The van der Waals surface area contributed by atoms with Crippen molar-refractivity contribution in [1.29, 1.82) is 0 Å². The van der Waals surface area contributed by atoms with Gasteiger partial charge >= 0.3 is 0 Å². The Bertz CT molecular complexity index is 808. The highest BCUT2D eigenvalue weighted by atomic mass is 32.1. The van der Waals surface area contributed by atoms with Gasteiger partial charge in [-0.15, -0.1) is 11.3 Å². The van der Waals surface area contributed by atoms with E-state index in [1.807, 2.05) is 22.4 Å². The smallest absolute Gasteiger partial charge is 0.270 e. The van der Waals surface area contributed by atoms with E-state index in [9.17, 15) is 9.59 Å². The molecule has 2 saturated heterocycles. The average Bonchev–Trinajstić information content (AvgIpc) is 2.99. The third-order valence-electron chi connectivity index (χ3n) is 6.11. The molecule has 1 atom stereocenters. The lowest BCUT2D eigenvalue weighted by Gasteiger charge is -2.39. The van der Waals surface area contributed by atoms with Gasteiger partial charge < -0.3 is 14.8 Å².